The largest absolute Gasteiger partial charge is 0.444 e. The molecule has 1 aromatic heterocycles. The molecule has 0 bridgehead atoms. The fourth-order valence-corrected chi connectivity index (χ4v) is 5.32. The molecule has 3 aliphatic heterocycles. The SMILES string of the molecule is CC(C)(C)OC(=O)N1CC2(C1)CN(c1cncc(N3C(=O)c4ccc(C#N)cc4C3(C)C)c1)C2. The smallest absolute Gasteiger partial charge is 0.410 e. The lowest BCUT2D eigenvalue weighted by atomic mass is 9.73. The van der Waals surface area contributed by atoms with Crippen molar-refractivity contribution in [3.05, 3.63) is 53.3 Å². The Morgan fingerprint density at radius 1 is 1.09 bits per heavy atom. The Kier molecular flexibility index (Phi) is 4.70. The molecule has 3 aliphatic rings. The van der Waals surface area contributed by atoms with Crippen molar-refractivity contribution in [1.82, 2.24) is 9.88 Å². The first-order valence-corrected chi connectivity index (χ1v) is 11.5. The van der Waals surface area contributed by atoms with Gasteiger partial charge < -0.3 is 14.5 Å². The fraction of sp³-hybridized carbons (Fsp3) is 0.462. The van der Waals surface area contributed by atoms with Crippen LogP contribution in [0, 0.1) is 16.7 Å². The number of pyridine rings is 1. The molecule has 0 aliphatic carbocycles. The maximum absolute atomic E-state index is 13.3. The zero-order chi connectivity index (χ0) is 24.5. The van der Waals surface area contributed by atoms with Crippen molar-refractivity contribution in [1.29, 1.82) is 5.26 Å². The summed E-state index contributed by atoms with van der Waals surface area (Å²) in [6.07, 6.45) is 3.27. The minimum Gasteiger partial charge on any atom is -0.444 e. The zero-order valence-electron chi connectivity index (χ0n) is 20.3. The highest BCUT2D eigenvalue weighted by atomic mass is 16.6. The third kappa shape index (κ3) is 3.47. The van der Waals surface area contributed by atoms with E-state index in [4.69, 9.17) is 4.74 Å². The molecular weight excluding hydrogens is 430 g/mol. The molecule has 2 fully saturated rings. The molecule has 0 unspecified atom stereocenters. The number of aromatic nitrogens is 1. The Labute approximate surface area is 199 Å². The highest BCUT2D eigenvalue weighted by Crippen LogP contribution is 2.45. The van der Waals surface area contributed by atoms with E-state index in [0.717, 1.165) is 30.0 Å². The molecule has 0 radical (unpaired) electrons. The van der Waals surface area contributed by atoms with Crippen molar-refractivity contribution < 1.29 is 14.3 Å². The lowest BCUT2D eigenvalue weighted by Gasteiger charge is -2.60. The summed E-state index contributed by atoms with van der Waals surface area (Å²) in [4.78, 5) is 35.7. The van der Waals surface area contributed by atoms with Crippen LogP contribution >= 0.6 is 0 Å². The van der Waals surface area contributed by atoms with Gasteiger partial charge in [0, 0.05) is 37.2 Å². The zero-order valence-corrected chi connectivity index (χ0v) is 20.3. The Morgan fingerprint density at radius 3 is 2.41 bits per heavy atom. The van der Waals surface area contributed by atoms with Crippen LogP contribution in [-0.2, 0) is 10.3 Å². The number of nitrogens with zero attached hydrogens (tertiary/aromatic N) is 5. The number of ether oxygens (including phenoxy) is 1. The molecule has 34 heavy (non-hydrogen) atoms. The molecular formula is C26H29N5O3. The summed E-state index contributed by atoms with van der Waals surface area (Å²) in [5.74, 6) is -0.0875. The van der Waals surface area contributed by atoms with Gasteiger partial charge >= 0.3 is 6.09 Å². The predicted molar refractivity (Wildman–Crippen MR) is 128 cm³/mol. The molecule has 176 valence electrons. The van der Waals surface area contributed by atoms with Gasteiger partial charge in [0.05, 0.1) is 40.9 Å². The van der Waals surface area contributed by atoms with E-state index in [0.29, 0.717) is 24.2 Å². The first-order valence-electron chi connectivity index (χ1n) is 11.5. The van der Waals surface area contributed by atoms with E-state index in [1.54, 1.807) is 34.2 Å². The number of hydrogen-bond acceptors (Lipinski definition) is 6. The summed E-state index contributed by atoms with van der Waals surface area (Å²) in [6.45, 7) is 12.7. The van der Waals surface area contributed by atoms with Crippen LogP contribution in [0.4, 0.5) is 16.2 Å². The Hall–Kier alpha value is -3.60. The van der Waals surface area contributed by atoms with Crippen LogP contribution in [0.5, 0.6) is 0 Å². The van der Waals surface area contributed by atoms with Gasteiger partial charge in [0.2, 0.25) is 0 Å². The van der Waals surface area contributed by atoms with Crippen molar-refractivity contribution in [2.75, 3.05) is 36.0 Å². The van der Waals surface area contributed by atoms with Crippen molar-refractivity contribution in [2.45, 2.75) is 45.8 Å². The van der Waals surface area contributed by atoms with Crippen LogP contribution in [0.25, 0.3) is 0 Å². The second-order valence-corrected chi connectivity index (χ2v) is 11.2. The fourth-order valence-electron chi connectivity index (χ4n) is 5.32. The molecule has 0 N–H and O–H groups in total. The first kappa shape index (κ1) is 22.2. The monoisotopic (exact) mass is 459 g/mol. The molecule has 2 saturated heterocycles. The number of hydrogen-bond donors (Lipinski definition) is 0. The van der Waals surface area contributed by atoms with Crippen LogP contribution in [0.15, 0.2) is 36.7 Å². The molecule has 2 aromatic rings. The summed E-state index contributed by atoms with van der Waals surface area (Å²) in [5, 5.41) is 9.29. The highest BCUT2D eigenvalue weighted by molar-refractivity contribution is 6.12. The molecule has 2 amide bonds. The molecule has 0 saturated carbocycles. The Balaban J connectivity index is 1.29. The number of benzene rings is 1. The first-order chi connectivity index (χ1) is 15.9. The molecule has 8 nitrogen and oxygen atoms in total. The third-order valence-corrected chi connectivity index (χ3v) is 6.89. The highest BCUT2D eigenvalue weighted by Gasteiger charge is 2.54. The standard InChI is InChI=1S/C26H29N5O3/c1-24(2,3)34-23(33)30-15-26(16-30)13-29(14-26)18-9-19(12-28-11-18)31-22(32)20-7-6-17(10-27)8-21(20)25(31,4)5/h6-9,11-12H,13-16H2,1-5H3. The number of nitriles is 1. The number of carbonyl (C=O) groups is 2. The number of anilines is 2. The number of likely N-dealkylation sites (tertiary alicyclic amines) is 1. The Morgan fingerprint density at radius 2 is 1.76 bits per heavy atom. The molecule has 8 heteroatoms. The van der Waals surface area contributed by atoms with E-state index >= 15 is 0 Å². The molecule has 5 rings (SSSR count). The van der Waals surface area contributed by atoms with Gasteiger partial charge in [0.1, 0.15) is 5.60 Å². The number of fused-ring (bicyclic) bond motifs is 1. The van der Waals surface area contributed by atoms with Crippen LogP contribution < -0.4 is 9.80 Å². The summed E-state index contributed by atoms with van der Waals surface area (Å²) < 4.78 is 5.47. The average molecular weight is 460 g/mol. The van der Waals surface area contributed by atoms with Gasteiger partial charge in [-0.1, -0.05) is 0 Å². The van der Waals surface area contributed by atoms with Crippen LogP contribution in [0.3, 0.4) is 0 Å². The lowest BCUT2D eigenvalue weighted by Crippen LogP contribution is -2.73. The number of carbonyl (C=O) groups excluding carboxylic acids is 2. The Bertz CT molecular complexity index is 1230. The second-order valence-electron chi connectivity index (χ2n) is 11.2. The maximum atomic E-state index is 13.3. The van der Waals surface area contributed by atoms with Gasteiger partial charge in [-0.2, -0.15) is 5.26 Å². The van der Waals surface area contributed by atoms with Gasteiger partial charge in [-0.25, -0.2) is 4.79 Å². The third-order valence-electron chi connectivity index (χ3n) is 6.89. The number of rotatable bonds is 2. The van der Waals surface area contributed by atoms with E-state index in [1.165, 1.54) is 0 Å². The summed E-state index contributed by atoms with van der Waals surface area (Å²) >= 11 is 0. The van der Waals surface area contributed by atoms with E-state index in [2.05, 4.69) is 16.0 Å². The van der Waals surface area contributed by atoms with Crippen LogP contribution in [0.2, 0.25) is 0 Å². The van der Waals surface area contributed by atoms with Crippen molar-refractivity contribution in [2.24, 2.45) is 5.41 Å². The summed E-state index contributed by atoms with van der Waals surface area (Å²) in [5.41, 5.74) is 2.70. The van der Waals surface area contributed by atoms with E-state index in [1.807, 2.05) is 46.9 Å². The molecule has 0 atom stereocenters. The minimum atomic E-state index is -0.600. The van der Waals surface area contributed by atoms with E-state index < -0.39 is 11.1 Å². The topological polar surface area (TPSA) is 89.8 Å². The number of amides is 2. The maximum Gasteiger partial charge on any atom is 0.410 e. The molecule has 1 aromatic carbocycles. The second kappa shape index (κ2) is 7.20. The van der Waals surface area contributed by atoms with Crippen LogP contribution in [-0.4, -0.2) is 53.7 Å². The van der Waals surface area contributed by atoms with Crippen molar-refractivity contribution in [3.63, 3.8) is 0 Å². The average Bonchev–Trinajstić information content (AvgIpc) is 2.89. The normalized spacial score (nSPS) is 19.9. The van der Waals surface area contributed by atoms with Gasteiger partial charge in [0.15, 0.2) is 0 Å². The lowest BCUT2D eigenvalue weighted by molar-refractivity contribution is -0.0453. The van der Waals surface area contributed by atoms with Gasteiger partial charge in [-0.15, -0.1) is 0 Å². The molecule has 4 heterocycles. The van der Waals surface area contributed by atoms with Gasteiger partial charge in [-0.3, -0.25) is 14.7 Å². The van der Waals surface area contributed by atoms with Gasteiger partial charge in [0.25, 0.3) is 5.91 Å². The summed E-state index contributed by atoms with van der Waals surface area (Å²) in [7, 11) is 0. The quantitative estimate of drug-likeness (QED) is 0.677. The minimum absolute atomic E-state index is 0.0875. The van der Waals surface area contributed by atoms with Crippen molar-refractivity contribution in [3.8, 4) is 6.07 Å². The van der Waals surface area contributed by atoms with E-state index in [9.17, 15) is 14.9 Å². The molecule has 1 spiro atoms. The van der Waals surface area contributed by atoms with Crippen LogP contribution in [0.1, 0.15) is 56.1 Å². The van der Waals surface area contributed by atoms with Gasteiger partial charge in [-0.05, 0) is 64.4 Å². The summed E-state index contributed by atoms with van der Waals surface area (Å²) in [6, 6.07) is 9.39. The van der Waals surface area contributed by atoms with E-state index in [-0.39, 0.29) is 17.4 Å². The predicted octanol–water partition coefficient (Wildman–Crippen LogP) is 3.91. The van der Waals surface area contributed by atoms with Crippen molar-refractivity contribution >= 4 is 23.4 Å².